The van der Waals surface area contributed by atoms with E-state index in [9.17, 15) is 18.0 Å². The van der Waals surface area contributed by atoms with E-state index in [1.165, 1.54) is 12.1 Å². The van der Waals surface area contributed by atoms with Crippen LogP contribution < -0.4 is 5.32 Å². The molecule has 2 aromatic rings. The van der Waals surface area contributed by atoms with Gasteiger partial charge in [-0.1, -0.05) is 41.9 Å². The molecule has 0 bridgehead atoms. The fraction of sp³-hybridized carbons (Fsp3) is 0.300. The molecule has 0 aliphatic carbocycles. The van der Waals surface area contributed by atoms with Crippen LogP contribution in [0.5, 0.6) is 0 Å². The fourth-order valence-corrected chi connectivity index (χ4v) is 5.03. The molecule has 1 saturated heterocycles. The second-order valence-electron chi connectivity index (χ2n) is 6.89. The molecule has 6 nitrogen and oxygen atoms in total. The third-order valence-corrected chi connectivity index (χ3v) is 8.10. The van der Waals surface area contributed by atoms with Crippen LogP contribution in [0.2, 0.25) is 5.02 Å². The first-order valence-electron chi connectivity index (χ1n) is 9.12. The molecular weight excluding hydrogens is 499 g/mol. The SMILES string of the molecule is O=C(c1ccc(Br)c(Cl)c1)N1CCS(=O)(=O)[C@](F)(C(=O)NCCc2ccccc2)C1. The molecule has 1 aliphatic heterocycles. The largest absolute Gasteiger partial charge is 0.352 e. The topological polar surface area (TPSA) is 83.6 Å². The van der Waals surface area contributed by atoms with E-state index in [1.54, 1.807) is 6.07 Å². The first-order valence-corrected chi connectivity index (χ1v) is 11.9. The lowest BCUT2D eigenvalue weighted by Crippen LogP contribution is -2.62. The van der Waals surface area contributed by atoms with Gasteiger partial charge in [0.25, 0.3) is 11.8 Å². The summed E-state index contributed by atoms with van der Waals surface area (Å²) in [5.74, 6) is -2.51. The first-order chi connectivity index (χ1) is 14.1. The Morgan fingerprint density at radius 3 is 2.57 bits per heavy atom. The maximum atomic E-state index is 15.5. The van der Waals surface area contributed by atoms with Gasteiger partial charge in [0.2, 0.25) is 0 Å². The second kappa shape index (κ2) is 9.03. The molecule has 0 saturated carbocycles. The first kappa shape index (κ1) is 22.7. The van der Waals surface area contributed by atoms with E-state index in [1.807, 2.05) is 30.3 Å². The smallest absolute Gasteiger partial charge is 0.304 e. The van der Waals surface area contributed by atoms with E-state index < -0.39 is 39.0 Å². The van der Waals surface area contributed by atoms with Gasteiger partial charge < -0.3 is 10.2 Å². The molecule has 3 rings (SSSR count). The van der Waals surface area contributed by atoms with Gasteiger partial charge in [0, 0.05) is 23.1 Å². The number of carbonyl (C=O) groups is 2. The van der Waals surface area contributed by atoms with Crippen molar-refractivity contribution in [2.75, 3.05) is 25.4 Å². The van der Waals surface area contributed by atoms with E-state index in [0.717, 1.165) is 10.5 Å². The number of carbonyl (C=O) groups excluding carboxylic acids is 2. The molecule has 30 heavy (non-hydrogen) atoms. The van der Waals surface area contributed by atoms with Crippen molar-refractivity contribution in [1.82, 2.24) is 10.2 Å². The number of hydrogen-bond acceptors (Lipinski definition) is 4. The number of nitrogens with zero attached hydrogens (tertiary/aromatic N) is 1. The van der Waals surface area contributed by atoms with E-state index in [4.69, 9.17) is 11.6 Å². The predicted octanol–water partition coefficient (Wildman–Crippen LogP) is 3.00. The van der Waals surface area contributed by atoms with E-state index in [2.05, 4.69) is 21.2 Å². The number of benzene rings is 2. The van der Waals surface area contributed by atoms with Crippen LogP contribution in [0.15, 0.2) is 53.0 Å². The molecule has 1 fully saturated rings. The van der Waals surface area contributed by atoms with Crippen LogP contribution >= 0.6 is 27.5 Å². The summed E-state index contributed by atoms with van der Waals surface area (Å²) in [6, 6.07) is 13.6. The molecule has 1 N–H and O–H groups in total. The summed E-state index contributed by atoms with van der Waals surface area (Å²) >= 11 is 9.22. The van der Waals surface area contributed by atoms with Crippen LogP contribution in [0, 0.1) is 0 Å². The zero-order chi connectivity index (χ0) is 21.9. The van der Waals surface area contributed by atoms with Crippen LogP contribution in [-0.2, 0) is 21.1 Å². The van der Waals surface area contributed by atoms with Crippen molar-refractivity contribution in [3.05, 3.63) is 69.2 Å². The lowest BCUT2D eigenvalue weighted by Gasteiger charge is -2.36. The summed E-state index contributed by atoms with van der Waals surface area (Å²) in [5, 5.41) is -0.569. The lowest BCUT2D eigenvalue weighted by molar-refractivity contribution is -0.128. The molecule has 0 aromatic heterocycles. The van der Waals surface area contributed by atoms with Gasteiger partial charge in [0.05, 0.1) is 17.3 Å². The average molecular weight is 518 g/mol. The maximum Gasteiger partial charge on any atom is 0.304 e. The van der Waals surface area contributed by atoms with E-state index in [0.29, 0.717) is 10.9 Å². The van der Waals surface area contributed by atoms with Gasteiger partial charge in [-0.3, -0.25) is 9.59 Å². The molecule has 2 amide bonds. The minimum atomic E-state index is -4.39. The van der Waals surface area contributed by atoms with Crippen molar-refractivity contribution in [2.24, 2.45) is 0 Å². The molecule has 0 unspecified atom stereocenters. The lowest BCUT2D eigenvalue weighted by atomic mass is 10.1. The summed E-state index contributed by atoms with van der Waals surface area (Å²) in [6.45, 7) is -1.02. The molecule has 1 heterocycles. The van der Waals surface area contributed by atoms with Crippen LogP contribution in [0.4, 0.5) is 4.39 Å². The Balaban J connectivity index is 1.73. The Kier molecular flexibility index (Phi) is 6.84. The number of hydrogen-bond donors (Lipinski definition) is 1. The Bertz CT molecular complexity index is 1070. The number of sulfone groups is 1. The second-order valence-corrected chi connectivity index (χ2v) is 10.4. The molecule has 0 spiro atoms. The highest BCUT2D eigenvalue weighted by atomic mass is 79.9. The predicted molar refractivity (Wildman–Crippen MR) is 116 cm³/mol. The van der Waals surface area contributed by atoms with Gasteiger partial charge in [-0.05, 0) is 46.1 Å². The Morgan fingerprint density at radius 2 is 1.90 bits per heavy atom. The van der Waals surface area contributed by atoms with E-state index in [-0.39, 0.29) is 23.7 Å². The monoisotopic (exact) mass is 516 g/mol. The molecule has 1 atom stereocenters. The number of rotatable bonds is 5. The standard InChI is InChI=1S/C20H19BrClFN2O4S/c21-16-7-6-15(12-17(16)22)18(26)25-10-11-30(28,29)20(23,13-25)19(27)24-9-8-14-4-2-1-3-5-14/h1-7,12H,8-11,13H2,(H,24,27)/t20-/m0/s1. The Labute approximate surface area is 187 Å². The minimum Gasteiger partial charge on any atom is -0.352 e. The van der Waals surface area contributed by atoms with Gasteiger partial charge in [0.1, 0.15) is 0 Å². The van der Waals surface area contributed by atoms with Gasteiger partial charge in [-0.25, -0.2) is 12.8 Å². The van der Waals surface area contributed by atoms with Crippen molar-refractivity contribution < 1.29 is 22.4 Å². The van der Waals surface area contributed by atoms with E-state index >= 15 is 4.39 Å². The van der Waals surface area contributed by atoms with Crippen LogP contribution in [-0.4, -0.2) is 55.5 Å². The van der Waals surface area contributed by atoms with Crippen LogP contribution in [0.25, 0.3) is 0 Å². The summed E-state index contributed by atoms with van der Waals surface area (Å²) in [5.41, 5.74) is 1.09. The number of nitrogens with one attached hydrogen (secondary N) is 1. The van der Waals surface area contributed by atoms with Gasteiger partial charge >= 0.3 is 5.00 Å². The molecule has 10 heteroatoms. The quantitative estimate of drug-likeness (QED) is 0.661. The molecule has 2 aromatic carbocycles. The maximum absolute atomic E-state index is 15.5. The van der Waals surface area contributed by atoms with Gasteiger partial charge in [0.15, 0.2) is 9.84 Å². The van der Waals surface area contributed by atoms with Crippen molar-refractivity contribution in [3.8, 4) is 0 Å². The van der Waals surface area contributed by atoms with Crippen LogP contribution in [0.3, 0.4) is 0 Å². The van der Waals surface area contributed by atoms with Gasteiger partial charge in [-0.15, -0.1) is 0 Å². The van der Waals surface area contributed by atoms with Crippen LogP contribution in [0.1, 0.15) is 15.9 Å². The minimum absolute atomic E-state index is 0.0697. The fourth-order valence-electron chi connectivity index (χ4n) is 3.11. The van der Waals surface area contributed by atoms with Crippen molar-refractivity contribution in [3.63, 3.8) is 0 Å². The van der Waals surface area contributed by atoms with Crippen molar-refractivity contribution in [1.29, 1.82) is 0 Å². The molecule has 0 radical (unpaired) electrons. The number of amides is 2. The average Bonchev–Trinajstić information content (AvgIpc) is 2.72. The summed E-state index contributed by atoms with van der Waals surface area (Å²) in [7, 11) is -4.39. The third-order valence-electron chi connectivity index (χ3n) is 4.85. The molecule has 1 aliphatic rings. The number of halogens is 3. The normalized spacial score (nSPS) is 20.6. The van der Waals surface area contributed by atoms with Crippen molar-refractivity contribution in [2.45, 2.75) is 11.4 Å². The summed E-state index contributed by atoms with van der Waals surface area (Å²) < 4.78 is 40.9. The van der Waals surface area contributed by atoms with Crippen molar-refractivity contribution >= 4 is 49.2 Å². The zero-order valence-electron chi connectivity index (χ0n) is 15.8. The highest BCUT2D eigenvalue weighted by Gasteiger charge is 2.55. The molecule has 160 valence electrons. The number of alkyl halides is 1. The molecular formula is C20H19BrClFN2O4S. The highest BCUT2D eigenvalue weighted by molar-refractivity contribution is 9.10. The Morgan fingerprint density at radius 1 is 1.20 bits per heavy atom. The zero-order valence-corrected chi connectivity index (χ0v) is 18.9. The highest BCUT2D eigenvalue weighted by Crippen LogP contribution is 2.29. The summed E-state index contributed by atoms with van der Waals surface area (Å²) in [4.78, 5) is 26.3. The summed E-state index contributed by atoms with van der Waals surface area (Å²) in [6.07, 6.45) is 0.419. The van der Waals surface area contributed by atoms with Gasteiger partial charge in [-0.2, -0.15) is 0 Å². The Hall–Kier alpha value is -1.97. The third kappa shape index (κ3) is 4.68.